The Hall–Kier alpha value is -2.44. The number of allylic oxidation sites excluding steroid dienone is 2. The fourth-order valence-corrected chi connectivity index (χ4v) is 2.90. The van der Waals surface area contributed by atoms with Crippen molar-refractivity contribution in [2.45, 2.75) is 18.1 Å². The summed E-state index contributed by atoms with van der Waals surface area (Å²) in [4.78, 5) is 24.1. The molecule has 0 saturated carbocycles. The van der Waals surface area contributed by atoms with Gasteiger partial charge in [-0.25, -0.2) is 0 Å². The average Bonchev–Trinajstić information content (AvgIpc) is 2.65. The highest BCUT2D eigenvalue weighted by Gasteiger charge is 2.35. The number of aliphatic hydroxyl groups is 1. The summed E-state index contributed by atoms with van der Waals surface area (Å²) in [5, 5.41) is 21.2. The van der Waals surface area contributed by atoms with Crippen LogP contribution in [0.4, 0.5) is 5.69 Å². The Bertz CT molecular complexity index is 714. The Kier molecular flexibility index (Phi) is 6.12. The quantitative estimate of drug-likeness (QED) is 0.349. The molecule has 0 radical (unpaired) electrons. The lowest BCUT2D eigenvalue weighted by Crippen LogP contribution is -2.51. The molecule has 1 aliphatic rings. The number of nitrogens with zero attached hydrogens (tertiary/aromatic N) is 2. The highest BCUT2D eigenvalue weighted by Crippen LogP contribution is 2.30. The first-order valence-corrected chi connectivity index (χ1v) is 8.24. The zero-order chi connectivity index (χ0) is 18.4. The molecule has 2 atom stereocenters. The molecule has 132 valence electrons. The minimum absolute atomic E-state index is 0.00638. The van der Waals surface area contributed by atoms with Crippen molar-refractivity contribution in [2.75, 3.05) is 12.4 Å². The number of nitro benzene ring substituents is 1. The Balaban J connectivity index is 2.26. The third kappa shape index (κ3) is 4.15. The molecule has 0 bridgehead atoms. The molecule has 1 aliphatic carbocycles. The summed E-state index contributed by atoms with van der Waals surface area (Å²) >= 11 is 5.75. The Morgan fingerprint density at radius 1 is 1.44 bits per heavy atom. The van der Waals surface area contributed by atoms with Gasteiger partial charge in [0.1, 0.15) is 5.88 Å². The van der Waals surface area contributed by atoms with Gasteiger partial charge in [-0.3, -0.25) is 14.9 Å². The summed E-state index contributed by atoms with van der Waals surface area (Å²) in [7, 11) is 0. The number of aliphatic hydroxyl groups excluding tert-OH is 1. The van der Waals surface area contributed by atoms with E-state index in [4.69, 9.17) is 11.6 Å². The standard InChI is InChI=1S/C18H19ClN2O4/c1-2-18(10-4-3-5-11-18)20(17(23)12-19)13-16(22)14-6-8-15(9-7-14)21(24)25/h2-10,16,22H,1,11-13H2/t16?,18-/m1/s1. The maximum Gasteiger partial charge on any atom is 0.269 e. The number of carbonyl (C=O) groups is 1. The van der Waals surface area contributed by atoms with Gasteiger partial charge < -0.3 is 10.0 Å². The van der Waals surface area contributed by atoms with Crippen LogP contribution in [0.2, 0.25) is 0 Å². The number of benzene rings is 1. The molecule has 1 aromatic carbocycles. The minimum Gasteiger partial charge on any atom is -0.387 e. The normalized spacial score (nSPS) is 20.1. The van der Waals surface area contributed by atoms with E-state index in [9.17, 15) is 20.0 Å². The van der Waals surface area contributed by atoms with Crippen LogP contribution >= 0.6 is 11.6 Å². The third-order valence-corrected chi connectivity index (χ3v) is 4.42. The van der Waals surface area contributed by atoms with E-state index < -0.39 is 16.6 Å². The second-order valence-electron chi connectivity index (χ2n) is 5.69. The number of alkyl halides is 1. The Labute approximate surface area is 150 Å². The monoisotopic (exact) mass is 362 g/mol. The molecule has 6 nitrogen and oxygen atoms in total. The molecule has 0 aliphatic heterocycles. The van der Waals surface area contributed by atoms with Crippen LogP contribution in [0.5, 0.6) is 0 Å². The third-order valence-electron chi connectivity index (χ3n) is 4.19. The lowest BCUT2D eigenvalue weighted by atomic mass is 9.88. The summed E-state index contributed by atoms with van der Waals surface area (Å²) in [5.41, 5.74) is -0.345. The van der Waals surface area contributed by atoms with Gasteiger partial charge in [-0.1, -0.05) is 30.4 Å². The first-order chi connectivity index (χ1) is 11.9. The second-order valence-corrected chi connectivity index (χ2v) is 5.96. The lowest BCUT2D eigenvalue weighted by Gasteiger charge is -2.41. The SMILES string of the molecule is C=C[C@@]1(N(CC(O)c2ccc([N+](=O)[O-])cc2)C(=O)CCl)C=CC=CC1. The van der Waals surface area contributed by atoms with E-state index in [0.29, 0.717) is 12.0 Å². The number of nitro groups is 1. The number of carbonyl (C=O) groups excluding carboxylic acids is 1. The zero-order valence-corrected chi connectivity index (χ0v) is 14.3. The maximum atomic E-state index is 12.4. The van der Waals surface area contributed by atoms with Crippen LogP contribution in [0.15, 0.2) is 61.2 Å². The van der Waals surface area contributed by atoms with E-state index in [1.807, 2.05) is 24.3 Å². The topological polar surface area (TPSA) is 83.7 Å². The van der Waals surface area contributed by atoms with Crippen molar-refractivity contribution in [3.05, 3.63) is 76.9 Å². The first-order valence-electron chi connectivity index (χ1n) is 7.70. The molecule has 0 aromatic heterocycles. The molecule has 2 rings (SSSR count). The van der Waals surface area contributed by atoms with Crippen molar-refractivity contribution < 1.29 is 14.8 Å². The predicted octanol–water partition coefficient (Wildman–Crippen LogP) is 3.14. The summed E-state index contributed by atoms with van der Waals surface area (Å²) in [6.45, 7) is 3.82. The molecule has 0 saturated heterocycles. The summed E-state index contributed by atoms with van der Waals surface area (Å²) in [5.74, 6) is -0.553. The van der Waals surface area contributed by atoms with Crippen LogP contribution in [-0.2, 0) is 4.79 Å². The second kappa shape index (κ2) is 8.09. The highest BCUT2D eigenvalue weighted by atomic mass is 35.5. The van der Waals surface area contributed by atoms with Gasteiger partial charge in [-0.15, -0.1) is 18.2 Å². The predicted molar refractivity (Wildman–Crippen MR) is 96.3 cm³/mol. The van der Waals surface area contributed by atoms with E-state index >= 15 is 0 Å². The van der Waals surface area contributed by atoms with E-state index in [2.05, 4.69) is 6.58 Å². The number of non-ortho nitro benzene ring substituents is 1. The van der Waals surface area contributed by atoms with Gasteiger partial charge in [-0.05, 0) is 24.1 Å². The molecule has 0 fully saturated rings. The molecular formula is C18H19ClN2O4. The lowest BCUT2D eigenvalue weighted by molar-refractivity contribution is -0.384. The number of halogens is 1. The van der Waals surface area contributed by atoms with Crippen LogP contribution in [0.1, 0.15) is 18.1 Å². The van der Waals surface area contributed by atoms with Crippen molar-refractivity contribution in [2.24, 2.45) is 0 Å². The van der Waals surface area contributed by atoms with Crippen LogP contribution in [-0.4, -0.2) is 38.8 Å². The summed E-state index contributed by atoms with van der Waals surface area (Å²) in [6.07, 6.45) is 8.61. The number of hydrogen-bond donors (Lipinski definition) is 1. The highest BCUT2D eigenvalue weighted by molar-refractivity contribution is 6.27. The summed E-state index contributed by atoms with van der Waals surface area (Å²) < 4.78 is 0. The molecule has 1 N–H and O–H groups in total. The Morgan fingerprint density at radius 3 is 2.60 bits per heavy atom. The largest absolute Gasteiger partial charge is 0.387 e. The molecule has 1 aromatic rings. The number of amides is 1. The van der Waals surface area contributed by atoms with Crippen LogP contribution < -0.4 is 0 Å². The molecule has 25 heavy (non-hydrogen) atoms. The molecule has 1 amide bonds. The smallest absolute Gasteiger partial charge is 0.269 e. The van der Waals surface area contributed by atoms with E-state index in [1.165, 1.54) is 29.2 Å². The van der Waals surface area contributed by atoms with Crippen molar-refractivity contribution in [3.63, 3.8) is 0 Å². The van der Waals surface area contributed by atoms with Crippen molar-refractivity contribution >= 4 is 23.2 Å². The first kappa shape index (κ1) is 18.9. The van der Waals surface area contributed by atoms with Crippen LogP contribution in [0.3, 0.4) is 0 Å². The number of hydrogen-bond acceptors (Lipinski definition) is 4. The van der Waals surface area contributed by atoms with E-state index in [1.54, 1.807) is 6.08 Å². The van der Waals surface area contributed by atoms with Crippen LogP contribution in [0.25, 0.3) is 0 Å². The average molecular weight is 363 g/mol. The van der Waals surface area contributed by atoms with E-state index in [0.717, 1.165) is 0 Å². The molecule has 0 spiro atoms. The fraction of sp³-hybridized carbons (Fsp3) is 0.278. The van der Waals surface area contributed by atoms with Gasteiger partial charge in [0.05, 0.1) is 23.1 Å². The minimum atomic E-state index is -1.01. The Morgan fingerprint density at radius 2 is 2.12 bits per heavy atom. The van der Waals surface area contributed by atoms with Gasteiger partial charge in [0.25, 0.3) is 5.69 Å². The maximum absolute atomic E-state index is 12.4. The van der Waals surface area contributed by atoms with Gasteiger partial charge in [0, 0.05) is 12.1 Å². The molecular weight excluding hydrogens is 344 g/mol. The molecule has 7 heteroatoms. The van der Waals surface area contributed by atoms with Gasteiger partial charge in [0.2, 0.25) is 5.91 Å². The number of β-amino-alcohol motifs (C(OH)–C–C–N with tert-alkyl or cyclic N) is 1. The van der Waals surface area contributed by atoms with Crippen molar-refractivity contribution in [1.29, 1.82) is 0 Å². The number of rotatable bonds is 7. The van der Waals surface area contributed by atoms with Crippen LogP contribution in [0, 0.1) is 10.1 Å². The fourth-order valence-electron chi connectivity index (χ4n) is 2.76. The zero-order valence-electron chi connectivity index (χ0n) is 13.5. The van der Waals surface area contributed by atoms with Gasteiger partial charge in [0.15, 0.2) is 0 Å². The summed E-state index contributed by atoms with van der Waals surface area (Å²) in [6, 6.07) is 5.59. The van der Waals surface area contributed by atoms with Crippen molar-refractivity contribution in [3.8, 4) is 0 Å². The van der Waals surface area contributed by atoms with Gasteiger partial charge in [-0.2, -0.15) is 0 Å². The molecule has 0 heterocycles. The van der Waals surface area contributed by atoms with Gasteiger partial charge >= 0.3 is 0 Å². The molecule has 1 unspecified atom stereocenters. The van der Waals surface area contributed by atoms with E-state index in [-0.39, 0.29) is 24.0 Å². The van der Waals surface area contributed by atoms with Crippen molar-refractivity contribution in [1.82, 2.24) is 4.90 Å².